The molecule has 3 N–H and O–H groups in total. The number of benzene rings is 1. The lowest BCUT2D eigenvalue weighted by molar-refractivity contribution is -0.126. The molecule has 0 heterocycles. The van der Waals surface area contributed by atoms with Crippen LogP contribution in [-0.4, -0.2) is 23.5 Å². The predicted molar refractivity (Wildman–Crippen MR) is 92.9 cm³/mol. The van der Waals surface area contributed by atoms with Crippen LogP contribution in [0.3, 0.4) is 0 Å². The van der Waals surface area contributed by atoms with Gasteiger partial charge in [-0.05, 0) is 36.8 Å². The molecule has 0 aliphatic rings. The predicted octanol–water partition coefficient (Wildman–Crippen LogP) is 2.69. The minimum Gasteiger partial charge on any atom is -0.352 e. The van der Waals surface area contributed by atoms with Crippen molar-refractivity contribution in [2.24, 2.45) is 5.41 Å². The summed E-state index contributed by atoms with van der Waals surface area (Å²) in [6.45, 7) is 8.06. The molecule has 0 atom stereocenters. The highest BCUT2D eigenvalue weighted by Crippen LogP contribution is 2.13. The van der Waals surface area contributed by atoms with Crippen LogP contribution in [0.5, 0.6) is 0 Å². The molecule has 0 fully saturated rings. The summed E-state index contributed by atoms with van der Waals surface area (Å²) < 4.78 is 0. The molecule has 6 heteroatoms. The zero-order chi connectivity index (χ0) is 16.8. The second kappa shape index (κ2) is 7.89. The van der Waals surface area contributed by atoms with E-state index in [1.807, 2.05) is 27.7 Å². The summed E-state index contributed by atoms with van der Waals surface area (Å²) in [6, 6.07) is 6.97. The van der Waals surface area contributed by atoms with Crippen molar-refractivity contribution in [2.75, 3.05) is 11.9 Å². The summed E-state index contributed by atoms with van der Waals surface area (Å²) in [5, 5.41) is 8.57. The molecule has 0 aliphatic carbocycles. The summed E-state index contributed by atoms with van der Waals surface area (Å²) in [4.78, 5) is 23.8. The number of carbonyl (C=O) groups is 2. The van der Waals surface area contributed by atoms with Crippen LogP contribution < -0.4 is 16.0 Å². The highest BCUT2D eigenvalue weighted by Gasteiger charge is 2.22. The molecule has 0 bridgehead atoms. The van der Waals surface area contributed by atoms with Gasteiger partial charge in [-0.25, -0.2) is 0 Å². The SMILES string of the molecule is CCCNC(=O)c1cccc(NC(=S)NC(=O)C(C)(C)C)c1. The molecule has 1 aromatic carbocycles. The van der Waals surface area contributed by atoms with E-state index in [-0.39, 0.29) is 16.9 Å². The molecule has 1 rings (SSSR count). The van der Waals surface area contributed by atoms with E-state index in [1.54, 1.807) is 24.3 Å². The van der Waals surface area contributed by atoms with Crippen molar-refractivity contribution in [1.82, 2.24) is 10.6 Å². The Morgan fingerprint density at radius 3 is 2.50 bits per heavy atom. The van der Waals surface area contributed by atoms with Crippen LogP contribution in [0.4, 0.5) is 5.69 Å². The first-order valence-electron chi connectivity index (χ1n) is 7.24. The average Bonchev–Trinajstić information content (AvgIpc) is 2.43. The van der Waals surface area contributed by atoms with E-state index in [4.69, 9.17) is 12.2 Å². The van der Waals surface area contributed by atoms with Gasteiger partial charge in [-0.1, -0.05) is 33.8 Å². The third-order valence-corrected chi connectivity index (χ3v) is 3.03. The van der Waals surface area contributed by atoms with Gasteiger partial charge in [0.2, 0.25) is 5.91 Å². The van der Waals surface area contributed by atoms with Crippen LogP contribution in [-0.2, 0) is 4.79 Å². The Bertz CT molecular complexity index is 565. The molecular weight excluding hydrogens is 298 g/mol. The first-order chi connectivity index (χ1) is 10.2. The molecule has 0 saturated carbocycles. The summed E-state index contributed by atoms with van der Waals surface area (Å²) >= 11 is 5.12. The second-order valence-corrected chi connectivity index (χ2v) is 6.40. The van der Waals surface area contributed by atoms with E-state index in [0.717, 1.165) is 6.42 Å². The van der Waals surface area contributed by atoms with Crippen LogP contribution in [0.25, 0.3) is 0 Å². The molecule has 120 valence electrons. The number of anilines is 1. The van der Waals surface area contributed by atoms with Crippen molar-refractivity contribution in [3.8, 4) is 0 Å². The molecule has 0 saturated heterocycles. The molecule has 22 heavy (non-hydrogen) atoms. The van der Waals surface area contributed by atoms with E-state index in [1.165, 1.54) is 0 Å². The first-order valence-corrected chi connectivity index (χ1v) is 7.65. The monoisotopic (exact) mass is 321 g/mol. The van der Waals surface area contributed by atoms with Gasteiger partial charge in [-0.2, -0.15) is 0 Å². The van der Waals surface area contributed by atoms with Gasteiger partial charge in [0.1, 0.15) is 0 Å². The largest absolute Gasteiger partial charge is 0.352 e. The van der Waals surface area contributed by atoms with Crippen LogP contribution in [0.15, 0.2) is 24.3 Å². The first kappa shape index (κ1) is 18.1. The standard InChI is InChI=1S/C16H23N3O2S/c1-5-9-17-13(20)11-7-6-8-12(10-11)18-15(22)19-14(21)16(2,3)4/h6-8,10H,5,9H2,1-4H3,(H,17,20)(H2,18,19,21,22). The Morgan fingerprint density at radius 1 is 1.23 bits per heavy atom. The van der Waals surface area contributed by atoms with Crippen molar-refractivity contribution in [1.29, 1.82) is 0 Å². The summed E-state index contributed by atoms with van der Waals surface area (Å²) in [5.41, 5.74) is 0.680. The van der Waals surface area contributed by atoms with Crippen molar-refractivity contribution >= 4 is 34.8 Å². The van der Waals surface area contributed by atoms with Crippen molar-refractivity contribution in [3.05, 3.63) is 29.8 Å². The lowest BCUT2D eigenvalue weighted by Gasteiger charge is -2.18. The highest BCUT2D eigenvalue weighted by molar-refractivity contribution is 7.80. The van der Waals surface area contributed by atoms with Crippen LogP contribution in [0.1, 0.15) is 44.5 Å². The molecule has 0 radical (unpaired) electrons. The fourth-order valence-electron chi connectivity index (χ4n) is 1.53. The molecule has 0 aromatic heterocycles. The lowest BCUT2D eigenvalue weighted by Crippen LogP contribution is -2.41. The van der Waals surface area contributed by atoms with Gasteiger partial charge in [-0.15, -0.1) is 0 Å². The Balaban J connectivity index is 2.68. The number of rotatable bonds is 4. The van der Waals surface area contributed by atoms with Gasteiger partial charge in [0.25, 0.3) is 5.91 Å². The van der Waals surface area contributed by atoms with Gasteiger partial charge in [0, 0.05) is 23.2 Å². The second-order valence-electron chi connectivity index (χ2n) is 5.99. The Kier molecular flexibility index (Phi) is 6.49. The van der Waals surface area contributed by atoms with Gasteiger partial charge in [0.15, 0.2) is 5.11 Å². The number of nitrogens with one attached hydrogen (secondary N) is 3. The maximum absolute atomic E-state index is 11.9. The third-order valence-electron chi connectivity index (χ3n) is 2.83. The third kappa shape index (κ3) is 5.81. The number of hydrogen-bond donors (Lipinski definition) is 3. The smallest absolute Gasteiger partial charge is 0.251 e. The zero-order valence-electron chi connectivity index (χ0n) is 13.4. The highest BCUT2D eigenvalue weighted by atomic mass is 32.1. The molecule has 5 nitrogen and oxygen atoms in total. The Morgan fingerprint density at radius 2 is 1.91 bits per heavy atom. The summed E-state index contributed by atoms with van der Waals surface area (Å²) in [5.74, 6) is -0.294. The van der Waals surface area contributed by atoms with E-state index >= 15 is 0 Å². The normalized spacial score (nSPS) is 10.7. The number of amides is 2. The Labute approximate surface area is 136 Å². The zero-order valence-corrected chi connectivity index (χ0v) is 14.3. The number of hydrogen-bond acceptors (Lipinski definition) is 3. The van der Waals surface area contributed by atoms with Gasteiger partial charge in [0.05, 0.1) is 0 Å². The van der Waals surface area contributed by atoms with E-state index in [0.29, 0.717) is 17.8 Å². The van der Waals surface area contributed by atoms with Crippen molar-refractivity contribution in [3.63, 3.8) is 0 Å². The van der Waals surface area contributed by atoms with E-state index < -0.39 is 5.41 Å². The van der Waals surface area contributed by atoms with Gasteiger partial charge >= 0.3 is 0 Å². The average molecular weight is 321 g/mol. The minimum atomic E-state index is -0.520. The molecule has 2 amide bonds. The maximum Gasteiger partial charge on any atom is 0.251 e. The minimum absolute atomic E-state index is 0.129. The fourth-order valence-corrected chi connectivity index (χ4v) is 1.74. The van der Waals surface area contributed by atoms with Crippen molar-refractivity contribution < 1.29 is 9.59 Å². The maximum atomic E-state index is 11.9. The van der Waals surface area contributed by atoms with E-state index in [9.17, 15) is 9.59 Å². The molecule has 0 aliphatic heterocycles. The van der Waals surface area contributed by atoms with Crippen LogP contribution in [0, 0.1) is 5.41 Å². The lowest BCUT2D eigenvalue weighted by atomic mass is 9.96. The summed E-state index contributed by atoms with van der Waals surface area (Å²) in [7, 11) is 0. The summed E-state index contributed by atoms with van der Waals surface area (Å²) in [6.07, 6.45) is 0.882. The molecule has 0 spiro atoms. The van der Waals surface area contributed by atoms with Gasteiger partial charge in [-0.3, -0.25) is 9.59 Å². The van der Waals surface area contributed by atoms with Gasteiger partial charge < -0.3 is 16.0 Å². The van der Waals surface area contributed by atoms with E-state index in [2.05, 4.69) is 16.0 Å². The van der Waals surface area contributed by atoms with Crippen LogP contribution in [0.2, 0.25) is 0 Å². The van der Waals surface area contributed by atoms with Crippen molar-refractivity contribution in [2.45, 2.75) is 34.1 Å². The molecule has 0 unspecified atom stereocenters. The fraction of sp³-hybridized carbons (Fsp3) is 0.438. The Hall–Kier alpha value is -1.95. The molecule has 1 aromatic rings. The number of thiocarbonyl (C=S) groups is 1. The quantitative estimate of drug-likeness (QED) is 0.746. The number of carbonyl (C=O) groups excluding carboxylic acids is 2. The topological polar surface area (TPSA) is 70.2 Å². The molecular formula is C16H23N3O2S. The van der Waals surface area contributed by atoms with Crippen LogP contribution >= 0.6 is 12.2 Å².